The third kappa shape index (κ3) is 6.02. The van der Waals surface area contributed by atoms with Gasteiger partial charge in [-0.15, -0.1) is 0 Å². The van der Waals surface area contributed by atoms with Crippen molar-refractivity contribution in [3.63, 3.8) is 0 Å². The topological polar surface area (TPSA) is 89.8 Å². The van der Waals surface area contributed by atoms with Crippen LogP contribution in [0.25, 0.3) is 0 Å². The number of esters is 1. The van der Waals surface area contributed by atoms with Gasteiger partial charge in [0.25, 0.3) is 5.24 Å². The Morgan fingerprint density at radius 2 is 2.04 bits per heavy atom. The van der Waals surface area contributed by atoms with Crippen LogP contribution in [0, 0.1) is 22.0 Å². The molecule has 140 valence electrons. The summed E-state index contributed by atoms with van der Waals surface area (Å²) in [6.07, 6.45) is 3.75. The van der Waals surface area contributed by atoms with Gasteiger partial charge >= 0.3 is 12.2 Å². The van der Waals surface area contributed by atoms with E-state index in [9.17, 15) is 19.7 Å². The van der Waals surface area contributed by atoms with Crippen molar-refractivity contribution >= 4 is 23.0 Å². The molecule has 1 aliphatic carbocycles. The van der Waals surface area contributed by atoms with E-state index < -0.39 is 17.1 Å². The number of carbonyl (C=O) groups is 2. The van der Waals surface area contributed by atoms with Crippen molar-refractivity contribution in [1.29, 1.82) is 0 Å². The summed E-state index contributed by atoms with van der Waals surface area (Å²) in [6, 6.07) is 0. The highest BCUT2D eigenvalue weighted by atomic mass is 32.2. The monoisotopic (exact) mass is 370 g/mol. The van der Waals surface area contributed by atoms with Crippen molar-refractivity contribution in [2.45, 2.75) is 51.7 Å². The molecule has 0 spiro atoms. The zero-order valence-corrected chi connectivity index (χ0v) is 15.5. The summed E-state index contributed by atoms with van der Waals surface area (Å²) in [7, 11) is 0. The zero-order chi connectivity index (χ0) is 18.4. The van der Waals surface area contributed by atoms with Crippen LogP contribution in [0.2, 0.25) is 0 Å². The lowest BCUT2D eigenvalue weighted by molar-refractivity contribution is -0.569. The Balaban J connectivity index is 1.71. The highest BCUT2D eigenvalue weighted by Crippen LogP contribution is 2.33. The van der Waals surface area contributed by atoms with Gasteiger partial charge in [0.05, 0.1) is 11.3 Å². The second-order valence-corrected chi connectivity index (χ2v) is 8.00. The first-order chi connectivity index (χ1) is 11.9. The predicted octanol–water partition coefficient (Wildman–Crippen LogP) is 3.46. The van der Waals surface area contributed by atoms with Crippen LogP contribution in [0.15, 0.2) is 12.2 Å². The van der Waals surface area contributed by atoms with Crippen molar-refractivity contribution in [3.05, 3.63) is 22.3 Å². The molecule has 0 aromatic carbocycles. The van der Waals surface area contributed by atoms with Crippen molar-refractivity contribution in [2.75, 3.05) is 18.8 Å². The summed E-state index contributed by atoms with van der Waals surface area (Å²) >= 11 is 1.39. The Labute approximate surface area is 152 Å². The summed E-state index contributed by atoms with van der Waals surface area (Å²) in [6.45, 7) is 6.61. The molecule has 0 bridgehead atoms. The van der Waals surface area contributed by atoms with Gasteiger partial charge in [0.15, 0.2) is 0 Å². The number of rotatable bonds is 8. The Hall–Kier alpha value is -1.57. The number of hydrogen-bond acceptors (Lipinski definition) is 6. The minimum atomic E-state index is -1.29. The molecular weight excluding hydrogens is 344 g/mol. The average molecular weight is 370 g/mol. The number of hydrogen-bond donors (Lipinski definition) is 0. The summed E-state index contributed by atoms with van der Waals surface area (Å²) < 4.78 is 4.90. The van der Waals surface area contributed by atoms with Crippen LogP contribution in [0.1, 0.15) is 45.4 Å². The smallest absolute Gasteiger partial charge is 0.356 e. The molecule has 1 aliphatic heterocycles. The number of carbonyl (C=O) groups excluding carboxylic acids is 2. The van der Waals surface area contributed by atoms with E-state index in [2.05, 4.69) is 6.58 Å². The highest BCUT2D eigenvalue weighted by molar-refractivity contribution is 8.13. The fourth-order valence-corrected chi connectivity index (χ4v) is 4.25. The number of nitro groups is 1. The molecule has 0 aromatic heterocycles. The van der Waals surface area contributed by atoms with Gasteiger partial charge in [-0.3, -0.25) is 14.9 Å². The summed E-state index contributed by atoms with van der Waals surface area (Å²) in [5.41, 5.74) is 0.169. The summed E-state index contributed by atoms with van der Waals surface area (Å²) in [5.74, 6) is 1.13. The maximum absolute atomic E-state index is 11.7. The number of thioether (sulfide) groups is 1. The molecule has 0 aromatic rings. The van der Waals surface area contributed by atoms with Crippen LogP contribution in [-0.4, -0.2) is 46.1 Å². The highest BCUT2D eigenvalue weighted by Gasteiger charge is 2.30. The molecule has 1 heterocycles. The molecule has 1 unspecified atom stereocenters. The Morgan fingerprint density at radius 3 is 2.56 bits per heavy atom. The second-order valence-electron chi connectivity index (χ2n) is 6.95. The number of ether oxygens (including phenoxy) is 1. The van der Waals surface area contributed by atoms with E-state index in [1.165, 1.54) is 18.7 Å². The fourth-order valence-electron chi connectivity index (χ4n) is 3.42. The third-order valence-corrected chi connectivity index (χ3v) is 5.83. The lowest BCUT2D eigenvalue weighted by atomic mass is 9.79. The molecular formula is C17H26N2O5S. The minimum absolute atomic E-state index is 0.169. The normalized spacial score (nSPS) is 24.8. The van der Waals surface area contributed by atoms with Crippen LogP contribution >= 0.6 is 11.8 Å². The van der Waals surface area contributed by atoms with Gasteiger partial charge in [-0.05, 0) is 38.0 Å². The minimum Gasteiger partial charge on any atom is -0.395 e. The zero-order valence-electron chi connectivity index (χ0n) is 14.6. The SMILES string of the molecule is C=C(C)C(=O)OC(CCC1CCC(CN2CCSC2=O)CC1)[N+](=O)[O-]. The second kappa shape index (κ2) is 9.22. The molecule has 2 fully saturated rings. The van der Waals surface area contributed by atoms with E-state index >= 15 is 0 Å². The third-order valence-electron chi connectivity index (χ3n) is 4.94. The van der Waals surface area contributed by atoms with Crippen LogP contribution < -0.4 is 0 Å². The lowest BCUT2D eigenvalue weighted by Crippen LogP contribution is -2.32. The lowest BCUT2D eigenvalue weighted by Gasteiger charge is -2.31. The molecule has 8 heteroatoms. The Morgan fingerprint density at radius 1 is 1.40 bits per heavy atom. The molecule has 2 aliphatic rings. The van der Waals surface area contributed by atoms with Gasteiger partial charge in [-0.25, -0.2) is 4.79 Å². The van der Waals surface area contributed by atoms with Crippen molar-refractivity contribution in [2.24, 2.45) is 11.8 Å². The molecule has 0 radical (unpaired) electrons. The van der Waals surface area contributed by atoms with Crippen LogP contribution in [0.3, 0.4) is 0 Å². The van der Waals surface area contributed by atoms with Crippen LogP contribution in [0.5, 0.6) is 0 Å². The fraction of sp³-hybridized carbons (Fsp3) is 0.765. The van der Waals surface area contributed by atoms with Gasteiger partial charge in [-0.2, -0.15) is 0 Å². The Kier molecular flexibility index (Phi) is 7.28. The van der Waals surface area contributed by atoms with Gasteiger partial charge in [0.1, 0.15) is 0 Å². The van der Waals surface area contributed by atoms with E-state index in [1.807, 2.05) is 4.90 Å². The van der Waals surface area contributed by atoms with Gasteiger partial charge in [-0.1, -0.05) is 31.2 Å². The molecule has 1 atom stereocenters. The maximum Gasteiger partial charge on any atom is 0.356 e. The van der Waals surface area contributed by atoms with E-state index in [0.29, 0.717) is 18.3 Å². The van der Waals surface area contributed by atoms with E-state index in [1.54, 1.807) is 0 Å². The molecule has 1 saturated heterocycles. The van der Waals surface area contributed by atoms with E-state index in [4.69, 9.17) is 4.74 Å². The van der Waals surface area contributed by atoms with Crippen molar-refractivity contribution < 1.29 is 19.2 Å². The van der Waals surface area contributed by atoms with E-state index in [0.717, 1.165) is 44.5 Å². The molecule has 0 N–H and O–H groups in total. The average Bonchev–Trinajstić information content (AvgIpc) is 2.97. The summed E-state index contributed by atoms with van der Waals surface area (Å²) in [4.78, 5) is 35.6. The maximum atomic E-state index is 11.7. The van der Waals surface area contributed by atoms with Gasteiger partial charge < -0.3 is 9.64 Å². The standard InChI is InChI=1S/C17H26N2O5S/c1-12(2)16(20)24-15(19(22)23)8-7-13-3-5-14(6-4-13)11-18-9-10-25-17(18)21/h13-15H,1,3-11H2,2H3. The first-order valence-corrected chi connectivity index (χ1v) is 9.77. The predicted molar refractivity (Wildman–Crippen MR) is 95.8 cm³/mol. The molecule has 1 saturated carbocycles. The van der Waals surface area contributed by atoms with Gasteiger partial charge in [0, 0.05) is 24.4 Å². The molecule has 1 amide bonds. The first kappa shape index (κ1) is 19.8. The van der Waals surface area contributed by atoms with Crippen LogP contribution in [0.4, 0.5) is 4.79 Å². The Bertz CT molecular complexity index is 531. The van der Waals surface area contributed by atoms with Gasteiger partial charge in [0.2, 0.25) is 0 Å². The summed E-state index contributed by atoms with van der Waals surface area (Å²) in [5, 5.41) is 11.3. The quantitative estimate of drug-likeness (QED) is 0.214. The first-order valence-electron chi connectivity index (χ1n) is 8.78. The molecule has 2 rings (SSSR count). The largest absolute Gasteiger partial charge is 0.395 e. The van der Waals surface area contributed by atoms with Crippen molar-refractivity contribution in [1.82, 2.24) is 4.90 Å². The number of nitrogens with zero attached hydrogens (tertiary/aromatic N) is 2. The molecule has 25 heavy (non-hydrogen) atoms. The van der Waals surface area contributed by atoms with Crippen LogP contribution in [-0.2, 0) is 9.53 Å². The molecule has 7 nitrogen and oxygen atoms in total. The number of amides is 1. The van der Waals surface area contributed by atoms with E-state index in [-0.39, 0.29) is 17.2 Å². The van der Waals surface area contributed by atoms with Crippen molar-refractivity contribution in [3.8, 4) is 0 Å².